The van der Waals surface area contributed by atoms with Crippen LogP contribution in [0.25, 0.3) is 0 Å². The Bertz CT molecular complexity index is 611. The molecule has 1 aromatic carbocycles. The van der Waals surface area contributed by atoms with Gasteiger partial charge in [0.25, 0.3) is 0 Å². The van der Waals surface area contributed by atoms with E-state index in [4.69, 9.17) is 4.74 Å². The summed E-state index contributed by atoms with van der Waals surface area (Å²) in [4.78, 5) is 24.0. The van der Waals surface area contributed by atoms with Crippen LogP contribution >= 0.6 is 0 Å². The van der Waals surface area contributed by atoms with Gasteiger partial charge in [-0.1, -0.05) is 104 Å². The molecule has 2 unspecified atom stereocenters. The number of hydrogen-bond donors (Lipinski definition) is 1. The molecule has 0 saturated carbocycles. The van der Waals surface area contributed by atoms with E-state index in [1.807, 2.05) is 0 Å². The van der Waals surface area contributed by atoms with E-state index in [1.54, 1.807) is 12.1 Å². The molecule has 0 aromatic heterocycles. The van der Waals surface area contributed by atoms with Crippen molar-refractivity contribution in [3.05, 3.63) is 35.4 Å². The van der Waals surface area contributed by atoms with Gasteiger partial charge in [0.05, 0.1) is 11.1 Å². The van der Waals surface area contributed by atoms with E-state index < -0.39 is 11.9 Å². The Labute approximate surface area is 183 Å². The number of benzene rings is 1. The number of esters is 1. The third kappa shape index (κ3) is 10.3. The number of carbonyl (C=O) groups is 2. The maximum absolute atomic E-state index is 12.6. The van der Waals surface area contributed by atoms with E-state index in [-0.39, 0.29) is 23.1 Å². The highest BCUT2D eigenvalue weighted by molar-refractivity contribution is 6.02. The van der Waals surface area contributed by atoms with Gasteiger partial charge in [-0.2, -0.15) is 0 Å². The average molecular weight is 419 g/mol. The molecular formula is C26H42O4. The van der Waals surface area contributed by atoms with Crippen LogP contribution in [0.1, 0.15) is 125 Å². The van der Waals surface area contributed by atoms with Crippen molar-refractivity contribution in [2.24, 2.45) is 5.92 Å². The molecule has 0 bridgehead atoms. The van der Waals surface area contributed by atoms with Crippen LogP contribution in [0.3, 0.4) is 0 Å². The smallest absolute Gasteiger partial charge is 0.339 e. The summed E-state index contributed by atoms with van der Waals surface area (Å²) in [5.41, 5.74) is 0.136. The normalized spacial score (nSPS) is 13.0. The first-order chi connectivity index (χ1) is 14.5. The number of rotatable bonds is 17. The van der Waals surface area contributed by atoms with E-state index in [0.717, 1.165) is 25.7 Å². The van der Waals surface area contributed by atoms with Crippen LogP contribution in [0.15, 0.2) is 24.3 Å². The number of ether oxygens (including phenoxy) is 1. The van der Waals surface area contributed by atoms with Crippen molar-refractivity contribution in [3.63, 3.8) is 0 Å². The molecular weight excluding hydrogens is 376 g/mol. The Morgan fingerprint density at radius 2 is 1.33 bits per heavy atom. The molecule has 30 heavy (non-hydrogen) atoms. The zero-order valence-corrected chi connectivity index (χ0v) is 19.3. The fraction of sp³-hybridized carbons (Fsp3) is 0.692. The van der Waals surface area contributed by atoms with Crippen LogP contribution in [-0.4, -0.2) is 23.1 Å². The summed E-state index contributed by atoms with van der Waals surface area (Å²) in [5.74, 6) is -1.37. The molecule has 0 spiro atoms. The molecule has 0 fully saturated rings. The number of hydrogen-bond acceptors (Lipinski definition) is 3. The van der Waals surface area contributed by atoms with E-state index in [2.05, 4.69) is 20.8 Å². The lowest BCUT2D eigenvalue weighted by atomic mass is 9.96. The van der Waals surface area contributed by atoms with Gasteiger partial charge in [0.1, 0.15) is 6.10 Å². The van der Waals surface area contributed by atoms with Crippen molar-refractivity contribution < 1.29 is 19.4 Å². The number of aromatic carboxylic acids is 1. The lowest BCUT2D eigenvalue weighted by Crippen LogP contribution is -2.26. The third-order valence-corrected chi connectivity index (χ3v) is 6.01. The molecule has 0 aliphatic carbocycles. The average Bonchev–Trinajstić information content (AvgIpc) is 2.75. The van der Waals surface area contributed by atoms with Crippen LogP contribution in [0, 0.1) is 5.92 Å². The molecule has 170 valence electrons. The molecule has 4 nitrogen and oxygen atoms in total. The van der Waals surface area contributed by atoms with Crippen molar-refractivity contribution in [1.82, 2.24) is 0 Å². The maximum atomic E-state index is 12.6. The van der Waals surface area contributed by atoms with Crippen LogP contribution in [0.4, 0.5) is 0 Å². The molecule has 4 heteroatoms. The second-order valence-electron chi connectivity index (χ2n) is 8.50. The van der Waals surface area contributed by atoms with Gasteiger partial charge in [0.2, 0.25) is 0 Å². The van der Waals surface area contributed by atoms with Crippen LogP contribution < -0.4 is 0 Å². The number of carbonyl (C=O) groups excluding carboxylic acids is 1. The molecule has 1 rings (SSSR count). The van der Waals surface area contributed by atoms with Gasteiger partial charge >= 0.3 is 11.9 Å². The summed E-state index contributed by atoms with van der Waals surface area (Å²) in [7, 11) is 0. The third-order valence-electron chi connectivity index (χ3n) is 6.01. The Kier molecular flexibility index (Phi) is 13.9. The van der Waals surface area contributed by atoms with Gasteiger partial charge in [-0.15, -0.1) is 0 Å². The molecule has 0 amide bonds. The van der Waals surface area contributed by atoms with Gasteiger partial charge < -0.3 is 9.84 Å². The van der Waals surface area contributed by atoms with Gasteiger partial charge in [-0.25, -0.2) is 9.59 Å². The van der Waals surface area contributed by atoms with Crippen molar-refractivity contribution in [3.8, 4) is 0 Å². The van der Waals surface area contributed by atoms with Crippen molar-refractivity contribution in [1.29, 1.82) is 0 Å². The predicted octanol–water partition coefficient (Wildman–Crippen LogP) is 7.66. The molecule has 0 radical (unpaired) electrons. The Morgan fingerprint density at radius 1 is 0.833 bits per heavy atom. The second-order valence-corrected chi connectivity index (χ2v) is 8.50. The number of carboxylic acid groups (broad SMARTS) is 1. The van der Waals surface area contributed by atoms with E-state index >= 15 is 0 Å². The fourth-order valence-electron chi connectivity index (χ4n) is 3.78. The summed E-state index contributed by atoms with van der Waals surface area (Å²) >= 11 is 0. The zero-order chi connectivity index (χ0) is 22.2. The fourth-order valence-corrected chi connectivity index (χ4v) is 3.78. The molecule has 1 aromatic rings. The predicted molar refractivity (Wildman–Crippen MR) is 123 cm³/mol. The Morgan fingerprint density at radius 3 is 1.83 bits per heavy atom. The van der Waals surface area contributed by atoms with Crippen LogP contribution in [0.2, 0.25) is 0 Å². The Hall–Kier alpha value is -1.84. The summed E-state index contributed by atoms with van der Waals surface area (Å²) in [6, 6.07) is 6.27. The minimum Gasteiger partial charge on any atom is -0.478 e. The highest BCUT2D eigenvalue weighted by Crippen LogP contribution is 2.22. The summed E-state index contributed by atoms with van der Waals surface area (Å²) in [6.07, 6.45) is 15.8. The highest BCUT2D eigenvalue weighted by Gasteiger charge is 2.23. The molecule has 0 aliphatic rings. The van der Waals surface area contributed by atoms with Crippen molar-refractivity contribution >= 4 is 11.9 Å². The van der Waals surface area contributed by atoms with Crippen molar-refractivity contribution in [2.75, 3.05) is 0 Å². The van der Waals surface area contributed by atoms with Crippen LogP contribution in [-0.2, 0) is 4.74 Å². The molecule has 0 saturated heterocycles. The van der Waals surface area contributed by atoms with Crippen molar-refractivity contribution in [2.45, 2.75) is 110 Å². The van der Waals surface area contributed by atoms with E-state index in [9.17, 15) is 14.7 Å². The quantitative estimate of drug-likeness (QED) is 0.208. The van der Waals surface area contributed by atoms with Gasteiger partial charge in [0.15, 0.2) is 0 Å². The Balaban J connectivity index is 2.36. The van der Waals surface area contributed by atoms with Gasteiger partial charge in [-0.3, -0.25) is 0 Å². The largest absolute Gasteiger partial charge is 0.478 e. The highest BCUT2D eigenvalue weighted by atomic mass is 16.5. The zero-order valence-electron chi connectivity index (χ0n) is 19.3. The molecule has 0 heterocycles. The van der Waals surface area contributed by atoms with E-state index in [0.29, 0.717) is 0 Å². The topological polar surface area (TPSA) is 63.6 Å². The monoisotopic (exact) mass is 418 g/mol. The lowest BCUT2D eigenvalue weighted by Gasteiger charge is -2.23. The number of unbranched alkanes of at least 4 members (excludes halogenated alkanes) is 10. The first-order valence-corrected chi connectivity index (χ1v) is 12.0. The maximum Gasteiger partial charge on any atom is 0.339 e. The van der Waals surface area contributed by atoms with E-state index in [1.165, 1.54) is 69.9 Å². The summed E-state index contributed by atoms with van der Waals surface area (Å²) in [6.45, 7) is 6.44. The van der Waals surface area contributed by atoms with Gasteiger partial charge in [0, 0.05) is 0 Å². The lowest BCUT2D eigenvalue weighted by molar-refractivity contribution is 0.0119. The van der Waals surface area contributed by atoms with Crippen LogP contribution in [0.5, 0.6) is 0 Å². The number of carboxylic acids is 1. The SMILES string of the molecule is CCCCCCCCCCCCCC(OC(=O)c1ccccc1C(=O)O)C(C)CC. The second kappa shape index (κ2) is 15.9. The molecule has 1 N–H and O–H groups in total. The first kappa shape index (κ1) is 26.2. The molecule has 2 atom stereocenters. The first-order valence-electron chi connectivity index (χ1n) is 12.0. The summed E-state index contributed by atoms with van der Waals surface area (Å²) in [5, 5.41) is 9.31. The minimum atomic E-state index is -1.10. The van der Waals surface area contributed by atoms with Gasteiger partial charge in [-0.05, 0) is 30.9 Å². The standard InChI is InChI=1S/C26H42O4/c1-4-6-7-8-9-10-11-12-13-14-15-20-24(21(3)5-2)30-26(29)23-19-17-16-18-22(23)25(27)28/h16-19,21,24H,4-15,20H2,1-3H3,(H,27,28). The summed E-state index contributed by atoms with van der Waals surface area (Å²) < 4.78 is 5.77. The minimum absolute atomic E-state index is 0.0000885. The molecule has 0 aliphatic heterocycles.